The number of halogens is 1. The number of nitrogens with zero attached hydrogens (tertiary/aromatic N) is 2. The molecule has 0 aliphatic carbocycles. The maximum atomic E-state index is 12.5. The Kier molecular flexibility index (Phi) is 5.08. The summed E-state index contributed by atoms with van der Waals surface area (Å²) in [5.74, 6) is 0.356. The minimum absolute atomic E-state index is 0.171. The molecule has 9 heteroatoms. The van der Waals surface area contributed by atoms with Gasteiger partial charge in [-0.05, 0) is 25.1 Å². The molecule has 0 saturated heterocycles. The molecular formula is C16H17ClN4O4. The average Bonchev–Trinajstić information content (AvgIpc) is 2.94. The van der Waals surface area contributed by atoms with Crippen LogP contribution in [-0.2, 0) is 11.3 Å². The van der Waals surface area contributed by atoms with Crippen LogP contribution >= 0.6 is 11.6 Å². The van der Waals surface area contributed by atoms with Gasteiger partial charge in [-0.15, -0.1) is 0 Å². The zero-order valence-electron chi connectivity index (χ0n) is 13.5. The van der Waals surface area contributed by atoms with Crippen LogP contribution in [0.4, 0.5) is 10.7 Å². The fourth-order valence-corrected chi connectivity index (χ4v) is 2.61. The van der Waals surface area contributed by atoms with Crippen LogP contribution in [0.15, 0.2) is 24.4 Å². The lowest BCUT2D eigenvalue weighted by Crippen LogP contribution is -2.36. The summed E-state index contributed by atoms with van der Waals surface area (Å²) in [4.78, 5) is 32.3. The molecule has 2 aromatic rings. The summed E-state index contributed by atoms with van der Waals surface area (Å²) in [5.41, 5.74) is 1.00. The first-order valence-electron chi connectivity index (χ1n) is 7.76. The number of imidazole rings is 1. The molecule has 3 rings (SSSR count). The van der Waals surface area contributed by atoms with Gasteiger partial charge in [0.25, 0.3) is 0 Å². The van der Waals surface area contributed by atoms with Crippen LogP contribution < -0.4 is 10.1 Å². The number of hydrogen-bond donors (Lipinski definition) is 2. The number of esters is 1. The van der Waals surface area contributed by atoms with Gasteiger partial charge in [0.15, 0.2) is 0 Å². The van der Waals surface area contributed by atoms with E-state index in [4.69, 9.17) is 21.1 Å². The van der Waals surface area contributed by atoms with E-state index >= 15 is 0 Å². The topological polar surface area (TPSA) is 96.5 Å². The standard InChI is InChI=1S/C16H17ClN4O4/c1-2-24-14(22)12-8-18-15(19-12)20-16(23)21-5-6-25-13-4-3-11(17)7-10(13)9-21/h3-4,7-8H,2,5-6,9H2,1H3,(H2,18,19,20,23). The first-order chi connectivity index (χ1) is 12.1. The number of urea groups is 1. The Labute approximate surface area is 149 Å². The van der Waals surface area contributed by atoms with Crippen LogP contribution in [0.5, 0.6) is 5.75 Å². The van der Waals surface area contributed by atoms with Crippen molar-refractivity contribution in [2.75, 3.05) is 25.1 Å². The highest BCUT2D eigenvalue weighted by Gasteiger charge is 2.21. The SMILES string of the molecule is CCOC(=O)c1cnc(NC(=O)N2CCOc3ccc(Cl)cc3C2)[nH]1. The highest BCUT2D eigenvalue weighted by atomic mass is 35.5. The first kappa shape index (κ1) is 17.1. The van der Waals surface area contributed by atoms with Crippen molar-refractivity contribution in [1.82, 2.24) is 14.9 Å². The number of amides is 2. The fourth-order valence-electron chi connectivity index (χ4n) is 2.41. The fraction of sp³-hybridized carbons (Fsp3) is 0.312. The number of hydrogen-bond acceptors (Lipinski definition) is 5. The molecule has 1 aliphatic heterocycles. The van der Waals surface area contributed by atoms with E-state index in [1.807, 2.05) is 0 Å². The lowest BCUT2D eigenvalue weighted by molar-refractivity contribution is 0.0520. The van der Waals surface area contributed by atoms with Gasteiger partial charge in [-0.2, -0.15) is 0 Å². The molecule has 0 saturated carbocycles. The first-order valence-corrected chi connectivity index (χ1v) is 8.14. The van der Waals surface area contributed by atoms with Crippen molar-refractivity contribution in [1.29, 1.82) is 0 Å². The molecule has 8 nitrogen and oxygen atoms in total. The number of H-pyrrole nitrogens is 1. The Bertz CT molecular complexity index is 792. The molecule has 2 heterocycles. The number of aromatic amines is 1. The van der Waals surface area contributed by atoms with E-state index < -0.39 is 5.97 Å². The summed E-state index contributed by atoms with van der Waals surface area (Å²) in [6.45, 7) is 3.10. The Hall–Kier alpha value is -2.74. The number of rotatable bonds is 3. The number of aromatic nitrogens is 2. The molecule has 1 aliphatic rings. The molecule has 0 atom stereocenters. The van der Waals surface area contributed by atoms with Crippen molar-refractivity contribution in [2.24, 2.45) is 0 Å². The van der Waals surface area contributed by atoms with Crippen molar-refractivity contribution in [3.8, 4) is 5.75 Å². The van der Waals surface area contributed by atoms with E-state index in [9.17, 15) is 9.59 Å². The van der Waals surface area contributed by atoms with Crippen LogP contribution in [0.1, 0.15) is 23.0 Å². The maximum absolute atomic E-state index is 12.5. The van der Waals surface area contributed by atoms with Gasteiger partial charge >= 0.3 is 12.0 Å². The van der Waals surface area contributed by atoms with Crippen LogP contribution in [0, 0.1) is 0 Å². The highest BCUT2D eigenvalue weighted by molar-refractivity contribution is 6.30. The van der Waals surface area contributed by atoms with Crippen molar-refractivity contribution in [2.45, 2.75) is 13.5 Å². The van der Waals surface area contributed by atoms with Gasteiger partial charge < -0.3 is 19.4 Å². The summed E-state index contributed by atoms with van der Waals surface area (Å²) in [6, 6.07) is 4.95. The Morgan fingerprint density at radius 3 is 3.12 bits per heavy atom. The molecular weight excluding hydrogens is 348 g/mol. The Morgan fingerprint density at radius 1 is 1.48 bits per heavy atom. The third kappa shape index (κ3) is 4.03. The van der Waals surface area contributed by atoms with Gasteiger partial charge in [-0.25, -0.2) is 14.6 Å². The van der Waals surface area contributed by atoms with Gasteiger partial charge in [0.05, 0.1) is 25.9 Å². The molecule has 2 N–H and O–H groups in total. The maximum Gasteiger partial charge on any atom is 0.356 e. The molecule has 0 spiro atoms. The lowest BCUT2D eigenvalue weighted by Gasteiger charge is -2.19. The van der Waals surface area contributed by atoms with Crippen molar-refractivity contribution >= 4 is 29.5 Å². The van der Waals surface area contributed by atoms with Gasteiger partial charge in [0, 0.05) is 10.6 Å². The molecule has 2 amide bonds. The number of carbonyl (C=O) groups excluding carboxylic acids is 2. The lowest BCUT2D eigenvalue weighted by atomic mass is 10.2. The largest absolute Gasteiger partial charge is 0.491 e. The molecule has 1 aromatic heterocycles. The number of ether oxygens (including phenoxy) is 2. The van der Waals surface area contributed by atoms with Crippen molar-refractivity contribution in [3.05, 3.63) is 40.7 Å². The van der Waals surface area contributed by atoms with Crippen LogP contribution in [0.25, 0.3) is 0 Å². The molecule has 132 valence electrons. The van der Waals surface area contributed by atoms with E-state index in [2.05, 4.69) is 15.3 Å². The van der Waals surface area contributed by atoms with Crippen molar-refractivity contribution < 1.29 is 19.1 Å². The van der Waals surface area contributed by atoms with E-state index in [1.54, 1.807) is 30.0 Å². The Morgan fingerprint density at radius 2 is 2.32 bits per heavy atom. The summed E-state index contributed by atoms with van der Waals surface area (Å²) in [6.07, 6.45) is 1.31. The Balaban J connectivity index is 1.68. The van der Waals surface area contributed by atoms with E-state index in [0.29, 0.717) is 30.5 Å². The zero-order chi connectivity index (χ0) is 17.8. The molecule has 0 unspecified atom stereocenters. The van der Waals surface area contributed by atoms with Crippen LogP contribution in [0.2, 0.25) is 5.02 Å². The second-order valence-corrected chi connectivity index (χ2v) is 5.75. The smallest absolute Gasteiger partial charge is 0.356 e. The summed E-state index contributed by atoms with van der Waals surface area (Å²) >= 11 is 6.01. The van der Waals surface area contributed by atoms with Gasteiger partial charge in [-0.1, -0.05) is 11.6 Å². The van der Waals surface area contributed by atoms with Crippen molar-refractivity contribution in [3.63, 3.8) is 0 Å². The average molecular weight is 365 g/mol. The van der Waals surface area contributed by atoms with E-state index in [0.717, 1.165) is 5.56 Å². The summed E-state index contributed by atoms with van der Waals surface area (Å²) in [5, 5.41) is 3.20. The van der Waals surface area contributed by atoms with Crippen LogP contribution in [-0.4, -0.2) is 46.6 Å². The summed E-state index contributed by atoms with van der Waals surface area (Å²) < 4.78 is 10.5. The highest BCUT2D eigenvalue weighted by Crippen LogP contribution is 2.26. The minimum atomic E-state index is -0.526. The van der Waals surface area contributed by atoms with E-state index in [1.165, 1.54) is 6.20 Å². The number of benzene rings is 1. The third-order valence-corrected chi connectivity index (χ3v) is 3.82. The second-order valence-electron chi connectivity index (χ2n) is 5.32. The number of carbonyl (C=O) groups is 2. The van der Waals surface area contributed by atoms with Crippen LogP contribution in [0.3, 0.4) is 0 Å². The second kappa shape index (κ2) is 7.43. The third-order valence-electron chi connectivity index (χ3n) is 3.59. The molecule has 0 fully saturated rings. The zero-order valence-corrected chi connectivity index (χ0v) is 14.3. The van der Waals surface area contributed by atoms with Gasteiger partial charge in [-0.3, -0.25) is 5.32 Å². The predicted molar refractivity (Wildman–Crippen MR) is 90.9 cm³/mol. The number of fused-ring (bicyclic) bond motifs is 1. The van der Waals surface area contributed by atoms with Gasteiger partial charge in [0.1, 0.15) is 18.1 Å². The number of anilines is 1. The predicted octanol–water partition coefficient (Wildman–Crippen LogP) is 2.67. The van der Waals surface area contributed by atoms with E-state index in [-0.39, 0.29) is 24.3 Å². The minimum Gasteiger partial charge on any atom is -0.491 e. The number of nitrogens with one attached hydrogen (secondary N) is 2. The monoisotopic (exact) mass is 364 g/mol. The molecule has 25 heavy (non-hydrogen) atoms. The molecule has 0 bridgehead atoms. The molecule has 0 radical (unpaired) electrons. The summed E-state index contributed by atoms with van der Waals surface area (Å²) in [7, 11) is 0. The quantitative estimate of drug-likeness (QED) is 0.816. The normalized spacial score (nSPS) is 13.4. The van der Waals surface area contributed by atoms with Gasteiger partial charge in [0.2, 0.25) is 5.95 Å². The molecule has 1 aromatic carbocycles.